The Bertz CT molecular complexity index is 359. The van der Waals surface area contributed by atoms with Crippen molar-refractivity contribution in [2.45, 2.75) is 44.8 Å². The van der Waals surface area contributed by atoms with Crippen molar-refractivity contribution in [2.24, 2.45) is 0 Å². The average molecular weight is 284 g/mol. The summed E-state index contributed by atoms with van der Waals surface area (Å²) in [5, 5.41) is 13.0. The van der Waals surface area contributed by atoms with Crippen molar-refractivity contribution in [3.05, 3.63) is 28.2 Å². The molecule has 0 radical (unpaired) electrons. The van der Waals surface area contributed by atoms with Crippen LogP contribution in [0.3, 0.4) is 0 Å². The molecule has 1 fully saturated rings. The third-order valence-electron chi connectivity index (χ3n) is 3.32. The number of halogens is 1. The second-order valence-electron chi connectivity index (χ2n) is 4.56. The predicted molar refractivity (Wildman–Crippen MR) is 70.8 cm³/mol. The number of nitrogens with one attached hydrogen (secondary N) is 1. The van der Waals surface area contributed by atoms with Gasteiger partial charge in [-0.25, -0.2) is 0 Å². The molecule has 0 saturated heterocycles. The minimum absolute atomic E-state index is 0.0818. The molecule has 2 rings (SSSR count). The van der Waals surface area contributed by atoms with Gasteiger partial charge >= 0.3 is 0 Å². The first-order valence-corrected chi connectivity index (χ1v) is 6.66. The van der Waals surface area contributed by atoms with E-state index in [1.54, 1.807) is 0 Å². The maximum Gasteiger partial charge on any atom is 0.0541 e. The minimum atomic E-state index is -0.0818. The number of anilines is 1. The van der Waals surface area contributed by atoms with Gasteiger partial charge in [0.1, 0.15) is 0 Å². The lowest BCUT2D eigenvalue weighted by Gasteiger charge is -2.27. The van der Waals surface area contributed by atoms with Crippen LogP contribution >= 0.6 is 15.9 Å². The summed E-state index contributed by atoms with van der Waals surface area (Å²) in [7, 11) is 0. The lowest BCUT2D eigenvalue weighted by atomic mass is 9.93. The fourth-order valence-corrected chi connectivity index (χ4v) is 2.57. The van der Waals surface area contributed by atoms with E-state index in [-0.39, 0.29) is 6.10 Å². The molecule has 0 heterocycles. The molecular formula is C13H18BrNO. The van der Waals surface area contributed by atoms with Crippen LogP contribution in [0.15, 0.2) is 22.7 Å². The molecule has 0 atom stereocenters. The van der Waals surface area contributed by atoms with Crippen LogP contribution in [0.2, 0.25) is 0 Å². The number of aliphatic hydroxyl groups is 1. The molecule has 1 aliphatic rings. The minimum Gasteiger partial charge on any atom is -0.393 e. The van der Waals surface area contributed by atoms with Gasteiger partial charge in [-0.15, -0.1) is 0 Å². The molecular weight excluding hydrogens is 266 g/mol. The number of rotatable bonds is 2. The van der Waals surface area contributed by atoms with Gasteiger partial charge in [-0.2, -0.15) is 0 Å². The van der Waals surface area contributed by atoms with Crippen LogP contribution in [0.25, 0.3) is 0 Å². The normalized spacial score (nSPS) is 25.4. The van der Waals surface area contributed by atoms with E-state index >= 15 is 0 Å². The molecule has 0 unspecified atom stereocenters. The lowest BCUT2D eigenvalue weighted by Crippen LogP contribution is -2.28. The molecule has 16 heavy (non-hydrogen) atoms. The number of hydrogen-bond donors (Lipinski definition) is 2. The first kappa shape index (κ1) is 11.9. The lowest BCUT2D eigenvalue weighted by molar-refractivity contribution is 0.126. The highest BCUT2D eigenvalue weighted by molar-refractivity contribution is 9.10. The van der Waals surface area contributed by atoms with Crippen LogP contribution in [0.1, 0.15) is 31.2 Å². The van der Waals surface area contributed by atoms with Crippen LogP contribution in [0, 0.1) is 6.92 Å². The second-order valence-corrected chi connectivity index (χ2v) is 5.42. The quantitative estimate of drug-likeness (QED) is 0.871. The maximum atomic E-state index is 9.46. The van der Waals surface area contributed by atoms with E-state index < -0.39 is 0 Å². The van der Waals surface area contributed by atoms with Crippen LogP contribution in [-0.4, -0.2) is 17.3 Å². The van der Waals surface area contributed by atoms with Crippen molar-refractivity contribution in [3.8, 4) is 0 Å². The first-order chi connectivity index (χ1) is 7.66. The molecule has 88 valence electrons. The van der Waals surface area contributed by atoms with E-state index in [9.17, 15) is 5.11 Å². The maximum absolute atomic E-state index is 9.46. The van der Waals surface area contributed by atoms with Gasteiger partial charge in [0, 0.05) is 16.2 Å². The summed E-state index contributed by atoms with van der Waals surface area (Å²) < 4.78 is 1.15. The number of aliphatic hydroxyl groups excluding tert-OH is 1. The Kier molecular flexibility index (Phi) is 3.87. The van der Waals surface area contributed by atoms with Crippen molar-refractivity contribution < 1.29 is 5.11 Å². The van der Waals surface area contributed by atoms with Crippen molar-refractivity contribution in [2.75, 3.05) is 5.32 Å². The second kappa shape index (κ2) is 5.19. The van der Waals surface area contributed by atoms with E-state index in [1.165, 1.54) is 11.3 Å². The fourth-order valence-electron chi connectivity index (χ4n) is 2.20. The third-order valence-corrected chi connectivity index (χ3v) is 4.18. The highest BCUT2D eigenvalue weighted by atomic mass is 79.9. The molecule has 2 nitrogen and oxygen atoms in total. The summed E-state index contributed by atoms with van der Waals surface area (Å²) in [6, 6.07) is 6.74. The van der Waals surface area contributed by atoms with E-state index in [4.69, 9.17) is 0 Å². The Morgan fingerprint density at radius 2 is 1.94 bits per heavy atom. The zero-order chi connectivity index (χ0) is 11.5. The summed E-state index contributed by atoms with van der Waals surface area (Å²) in [6.45, 7) is 2.12. The zero-order valence-corrected chi connectivity index (χ0v) is 11.1. The van der Waals surface area contributed by atoms with E-state index in [1.807, 2.05) is 0 Å². The summed E-state index contributed by atoms with van der Waals surface area (Å²) in [5.41, 5.74) is 2.46. The Labute approximate surface area is 105 Å². The predicted octanol–water partition coefficient (Wildman–Crippen LogP) is 3.47. The Balaban J connectivity index is 2.01. The van der Waals surface area contributed by atoms with Gasteiger partial charge in [0.25, 0.3) is 0 Å². The first-order valence-electron chi connectivity index (χ1n) is 5.86. The van der Waals surface area contributed by atoms with Crippen molar-refractivity contribution in [1.29, 1.82) is 0 Å². The molecule has 0 spiro atoms. The Morgan fingerprint density at radius 3 is 2.62 bits per heavy atom. The van der Waals surface area contributed by atoms with Gasteiger partial charge in [0.05, 0.1) is 6.10 Å². The smallest absolute Gasteiger partial charge is 0.0541 e. The number of benzene rings is 1. The van der Waals surface area contributed by atoms with Crippen LogP contribution in [0.4, 0.5) is 5.69 Å². The van der Waals surface area contributed by atoms with Crippen molar-refractivity contribution in [3.63, 3.8) is 0 Å². The summed E-state index contributed by atoms with van der Waals surface area (Å²) in [5.74, 6) is 0. The van der Waals surface area contributed by atoms with Gasteiger partial charge in [-0.1, -0.05) is 22.0 Å². The largest absolute Gasteiger partial charge is 0.393 e. The average Bonchev–Trinajstić information content (AvgIpc) is 2.28. The van der Waals surface area contributed by atoms with Crippen LogP contribution in [-0.2, 0) is 0 Å². The SMILES string of the molecule is Cc1c(Br)cccc1NC1CCC(O)CC1. The standard InChI is InChI=1S/C13H18BrNO/c1-9-12(14)3-2-4-13(9)15-10-5-7-11(16)8-6-10/h2-4,10-11,15-16H,5-8H2,1H3. The molecule has 0 aromatic heterocycles. The van der Waals surface area contributed by atoms with Gasteiger partial charge in [-0.3, -0.25) is 0 Å². The highest BCUT2D eigenvalue weighted by Crippen LogP contribution is 2.27. The van der Waals surface area contributed by atoms with Gasteiger partial charge < -0.3 is 10.4 Å². The Morgan fingerprint density at radius 1 is 1.25 bits per heavy atom. The van der Waals surface area contributed by atoms with Gasteiger partial charge in [0.2, 0.25) is 0 Å². The molecule has 0 bridgehead atoms. The summed E-state index contributed by atoms with van der Waals surface area (Å²) in [4.78, 5) is 0. The van der Waals surface area contributed by atoms with Crippen LogP contribution in [0.5, 0.6) is 0 Å². The summed E-state index contributed by atoms with van der Waals surface area (Å²) >= 11 is 3.54. The molecule has 1 aromatic rings. The molecule has 1 aromatic carbocycles. The summed E-state index contributed by atoms with van der Waals surface area (Å²) in [6.07, 6.45) is 3.89. The van der Waals surface area contributed by atoms with Crippen molar-refractivity contribution in [1.82, 2.24) is 0 Å². The molecule has 1 aliphatic carbocycles. The number of hydrogen-bond acceptors (Lipinski definition) is 2. The fraction of sp³-hybridized carbons (Fsp3) is 0.538. The highest BCUT2D eigenvalue weighted by Gasteiger charge is 2.19. The zero-order valence-electron chi connectivity index (χ0n) is 9.54. The van der Waals surface area contributed by atoms with Crippen LogP contribution < -0.4 is 5.32 Å². The van der Waals surface area contributed by atoms with Crippen molar-refractivity contribution >= 4 is 21.6 Å². The molecule has 2 N–H and O–H groups in total. The van der Waals surface area contributed by atoms with Gasteiger partial charge in [0.15, 0.2) is 0 Å². The van der Waals surface area contributed by atoms with E-state index in [2.05, 4.69) is 46.4 Å². The van der Waals surface area contributed by atoms with E-state index in [0.717, 1.165) is 30.2 Å². The monoisotopic (exact) mass is 283 g/mol. The third kappa shape index (κ3) is 2.77. The molecule has 0 aliphatic heterocycles. The Hall–Kier alpha value is -0.540. The molecule has 1 saturated carbocycles. The molecule has 3 heteroatoms. The van der Waals surface area contributed by atoms with E-state index in [0.29, 0.717) is 6.04 Å². The topological polar surface area (TPSA) is 32.3 Å². The van der Waals surface area contributed by atoms with Gasteiger partial charge in [-0.05, 0) is 50.3 Å². The molecule has 0 amide bonds.